The first-order chi connectivity index (χ1) is 5.18. The van der Waals surface area contributed by atoms with Gasteiger partial charge in [0.15, 0.2) is 0 Å². The standard InChI is InChI=1S/C6H8ClNO3/c1-5(7)6(10)11-3-2-8-4-9/h5H,2-3H2,1H3. The summed E-state index contributed by atoms with van der Waals surface area (Å²) in [6.45, 7) is 1.72. The number of nitrogens with zero attached hydrogens (tertiary/aromatic N) is 1. The summed E-state index contributed by atoms with van der Waals surface area (Å²) in [5, 5.41) is -0.657. The summed E-state index contributed by atoms with van der Waals surface area (Å²) in [7, 11) is 0. The summed E-state index contributed by atoms with van der Waals surface area (Å²) in [4.78, 5) is 23.3. The van der Waals surface area contributed by atoms with Gasteiger partial charge in [-0.25, -0.2) is 9.79 Å². The third-order valence-corrected chi connectivity index (χ3v) is 1.01. The van der Waals surface area contributed by atoms with Crippen LogP contribution < -0.4 is 0 Å². The number of hydrogen-bond donors (Lipinski definition) is 0. The van der Waals surface area contributed by atoms with Crippen LogP contribution in [0.5, 0.6) is 0 Å². The number of isocyanates is 1. The Morgan fingerprint density at radius 1 is 1.82 bits per heavy atom. The first-order valence-corrected chi connectivity index (χ1v) is 3.46. The van der Waals surface area contributed by atoms with Gasteiger partial charge in [0.2, 0.25) is 6.08 Å². The summed E-state index contributed by atoms with van der Waals surface area (Å²) in [6, 6.07) is 0. The zero-order valence-electron chi connectivity index (χ0n) is 6.04. The van der Waals surface area contributed by atoms with Crippen molar-refractivity contribution in [2.45, 2.75) is 12.3 Å². The van der Waals surface area contributed by atoms with Gasteiger partial charge < -0.3 is 4.74 Å². The van der Waals surface area contributed by atoms with Crippen LogP contribution in [-0.2, 0) is 14.3 Å². The molecule has 0 aromatic heterocycles. The van der Waals surface area contributed by atoms with Crippen molar-refractivity contribution in [1.29, 1.82) is 0 Å². The van der Waals surface area contributed by atoms with Crippen molar-refractivity contribution in [2.75, 3.05) is 13.2 Å². The van der Waals surface area contributed by atoms with E-state index in [9.17, 15) is 9.59 Å². The molecule has 0 aliphatic carbocycles. The van der Waals surface area contributed by atoms with Gasteiger partial charge in [-0.15, -0.1) is 11.6 Å². The maximum Gasteiger partial charge on any atom is 0.323 e. The lowest BCUT2D eigenvalue weighted by Gasteiger charge is -2.02. The number of aliphatic imine (C=N–C) groups is 1. The summed E-state index contributed by atoms with van der Waals surface area (Å²) in [5.41, 5.74) is 0. The van der Waals surface area contributed by atoms with E-state index in [4.69, 9.17) is 11.6 Å². The van der Waals surface area contributed by atoms with Crippen molar-refractivity contribution >= 4 is 23.7 Å². The van der Waals surface area contributed by atoms with Crippen LogP contribution in [0.3, 0.4) is 0 Å². The molecule has 0 fully saturated rings. The van der Waals surface area contributed by atoms with Crippen LogP contribution in [0, 0.1) is 0 Å². The Balaban J connectivity index is 3.39. The van der Waals surface area contributed by atoms with Gasteiger partial charge in [0.1, 0.15) is 12.0 Å². The number of esters is 1. The topological polar surface area (TPSA) is 55.7 Å². The van der Waals surface area contributed by atoms with E-state index < -0.39 is 11.3 Å². The Morgan fingerprint density at radius 2 is 2.45 bits per heavy atom. The highest BCUT2D eigenvalue weighted by Crippen LogP contribution is 1.95. The van der Waals surface area contributed by atoms with E-state index in [0.717, 1.165) is 0 Å². The largest absolute Gasteiger partial charge is 0.463 e. The van der Waals surface area contributed by atoms with E-state index in [1.54, 1.807) is 0 Å². The Labute approximate surface area is 69.2 Å². The molecule has 0 saturated carbocycles. The summed E-state index contributed by atoms with van der Waals surface area (Å²) in [6.07, 6.45) is 1.32. The lowest BCUT2D eigenvalue weighted by molar-refractivity contribution is -0.142. The van der Waals surface area contributed by atoms with E-state index >= 15 is 0 Å². The number of alkyl halides is 1. The zero-order chi connectivity index (χ0) is 8.69. The average Bonchev–Trinajstić information content (AvgIpc) is 1.97. The van der Waals surface area contributed by atoms with Crippen molar-refractivity contribution in [3.63, 3.8) is 0 Å². The van der Waals surface area contributed by atoms with Gasteiger partial charge in [0.25, 0.3) is 0 Å². The smallest absolute Gasteiger partial charge is 0.323 e. The highest BCUT2D eigenvalue weighted by Gasteiger charge is 2.08. The second-order valence-corrected chi connectivity index (χ2v) is 2.41. The van der Waals surface area contributed by atoms with Gasteiger partial charge in [-0.05, 0) is 6.92 Å². The molecule has 5 heteroatoms. The number of ether oxygens (including phenoxy) is 1. The maximum atomic E-state index is 10.6. The van der Waals surface area contributed by atoms with Crippen molar-refractivity contribution in [2.24, 2.45) is 4.99 Å². The molecule has 0 saturated heterocycles. The molecule has 1 atom stereocenters. The minimum atomic E-state index is -0.657. The summed E-state index contributed by atoms with van der Waals surface area (Å²) < 4.78 is 4.56. The Morgan fingerprint density at radius 3 is 2.91 bits per heavy atom. The van der Waals surface area contributed by atoms with Crippen molar-refractivity contribution < 1.29 is 14.3 Å². The first-order valence-electron chi connectivity index (χ1n) is 3.03. The van der Waals surface area contributed by atoms with Crippen LogP contribution >= 0.6 is 11.6 Å². The van der Waals surface area contributed by atoms with Crippen LogP contribution in [0.25, 0.3) is 0 Å². The normalized spacial score (nSPS) is 11.5. The monoisotopic (exact) mass is 177 g/mol. The first kappa shape index (κ1) is 10.1. The van der Waals surface area contributed by atoms with Crippen molar-refractivity contribution in [3.05, 3.63) is 0 Å². The number of rotatable bonds is 4. The highest BCUT2D eigenvalue weighted by molar-refractivity contribution is 6.29. The molecule has 4 nitrogen and oxygen atoms in total. The van der Waals surface area contributed by atoms with Crippen molar-refractivity contribution in [3.8, 4) is 0 Å². The molecule has 1 unspecified atom stereocenters. The molecule has 0 aliphatic heterocycles. The third-order valence-electron chi connectivity index (χ3n) is 0.837. The number of halogens is 1. The van der Waals surface area contributed by atoms with Gasteiger partial charge >= 0.3 is 5.97 Å². The van der Waals surface area contributed by atoms with Crippen molar-refractivity contribution in [1.82, 2.24) is 0 Å². The Hall–Kier alpha value is -0.860. The lowest BCUT2D eigenvalue weighted by atomic mass is 10.5. The molecule has 0 radical (unpaired) electrons. The summed E-state index contributed by atoms with van der Waals surface area (Å²) >= 11 is 5.36. The Bertz CT molecular complexity index is 175. The van der Waals surface area contributed by atoms with E-state index in [1.165, 1.54) is 13.0 Å². The fourth-order valence-corrected chi connectivity index (χ4v) is 0.415. The zero-order valence-corrected chi connectivity index (χ0v) is 6.80. The van der Waals surface area contributed by atoms with Gasteiger partial charge in [-0.3, -0.25) is 4.79 Å². The molecule has 0 aromatic rings. The van der Waals surface area contributed by atoms with E-state index in [2.05, 4.69) is 9.73 Å². The fourth-order valence-electron chi connectivity index (χ4n) is 0.352. The van der Waals surface area contributed by atoms with Gasteiger partial charge in [-0.1, -0.05) is 0 Å². The maximum absolute atomic E-state index is 10.6. The minimum absolute atomic E-state index is 0.0745. The van der Waals surface area contributed by atoms with E-state index in [0.29, 0.717) is 0 Å². The van der Waals surface area contributed by atoms with E-state index in [-0.39, 0.29) is 13.2 Å². The molecule has 0 rings (SSSR count). The molecule has 0 bridgehead atoms. The molecule has 62 valence electrons. The van der Waals surface area contributed by atoms with Crippen LogP contribution in [0.2, 0.25) is 0 Å². The Kier molecular flexibility index (Phi) is 5.43. The average molecular weight is 178 g/mol. The second kappa shape index (κ2) is 5.89. The van der Waals surface area contributed by atoms with Crippen LogP contribution in [0.4, 0.5) is 0 Å². The molecule has 0 amide bonds. The molecule has 0 spiro atoms. The number of hydrogen-bond acceptors (Lipinski definition) is 4. The lowest BCUT2D eigenvalue weighted by Crippen LogP contribution is -2.16. The fraction of sp³-hybridized carbons (Fsp3) is 0.667. The molecular formula is C6H8ClNO3. The quantitative estimate of drug-likeness (QED) is 0.207. The molecule has 11 heavy (non-hydrogen) atoms. The van der Waals surface area contributed by atoms with Gasteiger partial charge in [-0.2, -0.15) is 0 Å². The molecule has 0 heterocycles. The van der Waals surface area contributed by atoms with Crippen LogP contribution in [0.15, 0.2) is 4.99 Å². The van der Waals surface area contributed by atoms with Crippen LogP contribution in [-0.4, -0.2) is 30.6 Å². The number of carbonyl (C=O) groups excluding carboxylic acids is 2. The van der Waals surface area contributed by atoms with Gasteiger partial charge in [0, 0.05) is 0 Å². The predicted molar refractivity (Wildman–Crippen MR) is 39.3 cm³/mol. The van der Waals surface area contributed by atoms with Crippen LogP contribution in [0.1, 0.15) is 6.92 Å². The molecule has 0 N–H and O–H groups in total. The second-order valence-electron chi connectivity index (χ2n) is 1.76. The third kappa shape index (κ3) is 5.58. The minimum Gasteiger partial charge on any atom is -0.463 e. The van der Waals surface area contributed by atoms with Gasteiger partial charge in [0.05, 0.1) is 6.54 Å². The number of carbonyl (C=O) groups is 1. The molecular weight excluding hydrogens is 170 g/mol. The SMILES string of the molecule is CC(Cl)C(=O)OCCN=C=O. The summed E-state index contributed by atoms with van der Waals surface area (Å²) in [5.74, 6) is -0.507. The predicted octanol–water partition coefficient (Wildman–Crippen LogP) is 0.493. The molecule has 0 aromatic carbocycles. The highest BCUT2D eigenvalue weighted by atomic mass is 35.5. The van der Waals surface area contributed by atoms with E-state index in [1.807, 2.05) is 0 Å². The molecule has 0 aliphatic rings.